The van der Waals surface area contributed by atoms with Gasteiger partial charge in [0.2, 0.25) is 0 Å². The first kappa shape index (κ1) is 23.2. The molecule has 0 radical (unpaired) electrons. The SMILES string of the molecule is O=C(CCCCCCCSc1ncc(Cc2cccnc2)c(=O)[nH]1)c1ccc(Cl)cc1. The number of hydrogen-bond acceptors (Lipinski definition) is 5. The van der Waals surface area contributed by atoms with Gasteiger partial charge in [0.1, 0.15) is 0 Å². The number of pyridine rings is 1. The van der Waals surface area contributed by atoms with Crippen molar-refractivity contribution < 1.29 is 4.79 Å². The van der Waals surface area contributed by atoms with Crippen molar-refractivity contribution in [2.24, 2.45) is 0 Å². The quantitative estimate of drug-likeness (QED) is 0.163. The Balaban J connectivity index is 1.28. The fourth-order valence-electron chi connectivity index (χ4n) is 3.19. The minimum absolute atomic E-state index is 0.0910. The summed E-state index contributed by atoms with van der Waals surface area (Å²) in [5, 5.41) is 1.31. The number of carbonyl (C=O) groups excluding carboxylic acids is 1. The summed E-state index contributed by atoms with van der Waals surface area (Å²) in [5.74, 6) is 1.09. The lowest BCUT2D eigenvalue weighted by molar-refractivity contribution is 0.0979. The number of benzene rings is 1. The fourth-order valence-corrected chi connectivity index (χ4v) is 4.15. The molecular formula is C24H26ClN3O2S. The van der Waals surface area contributed by atoms with Crippen LogP contribution in [0.25, 0.3) is 0 Å². The zero-order valence-electron chi connectivity index (χ0n) is 17.4. The Labute approximate surface area is 191 Å². The van der Waals surface area contributed by atoms with E-state index in [0.29, 0.717) is 28.6 Å². The van der Waals surface area contributed by atoms with Crippen LogP contribution in [0.4, 0.5) is 0 Å². The molecular weight excluding hydrogens is 430 g/mol. The van der Waals surface area contributed by atoms with Crippen LogP contribution in [-0.2, 0) is 6.42 Å². The second kappa shape index (κ2) is 12.4. The number of H-pyrrole nitrogens is 1. The monoisotopic (exact) mass is 455 g/mol. The van der Waals surface area contributed by atoms with Crippen LogP contribution in [0.5, 0.6) is 0 Å². The summed E-state index contributed by atoms with van der Waals surface area (Å²) >= 11 is 7.42. The molecule has 3 rings (SSSR count). The van der Waals surface area contributed by atoms with Gasteiger partial charge in [-0.2, -0.15) is 0 Å². The smallest absolute Gasteiger partial charge is 0.255 e. The lowest BCUT2D eigenvalue weighted by Gasteiger charge is -2.04. The molecule has 7 heteroatoms. The third kappa shape index (κ3) is 7.96. The Hall–Kier alpha value is -2.44. The summed E-state index contributed by atoms with van der Waals surface area (Å²) in [7, 11) is 0. The van der Waals surface area contributed by atoms with Crippen molar-refractivity contribution in [1.82, 2.24) is 15.0 Å². The number of hydrogen-bond donors (Lipinski definition) is 1. The van der Waals surface area contributed by atoms with Gasteiger partial charge in [-0.15, -0.1) is 0 Å². The van der Waals surface area contributed by atoms with E-state index in [1.54, 1.807) is 54.6 Å². The second-order valence-corrected chi connectivity index (χ2v) is 8.90. The fraction of sp³-hybridized carbons (Fsp3) is 0.333. The number of ketones is 1. The van der Waals surface area contributed by atoms with Crippen LogP contribution in [0.3, 0.4) is 0 Å². The summed E-state index contributed by atoms with van der Waals surface area (Å²) in [6, 6.07) is 10.9. The van der Waals surface area contributed by atoms with E-state index in [0.717, 1.165) is 49.0 Å². The third-order valence-electron chi connectivity index (χ3n) is 4.92. The maximum absolute atomic E-state index is 12.3. The van der Waals surface area contributed by atoms with Gasteiger partial charge in [0.25, 0.3) is 5.56 Å². The number of unbranched alkanes of at least 4 members (excludes halogenated alkanes) is 4. The summed E-state index contributed by atoms with van der Waals surface area (Å²) in [4.78, 5) is 35.7. The molecule has 0 bridgehead atoms. The van der Waals surface area contributed by atoms with Gasteiger partial charge < -0.3 is 4.98 Å². The number of halogens is 1. The molecule has 0 aliphatic rings. The number of aromatic nitrogens is 3. The molecule has 1 aromatic carbocycles. The predicted octanol–water partition coefficient (Wildman–Crippen LogP) is 5.72. The van der Waals surface area contributed by atoms with Crippen LogP contribution in [-0.4, -0.2) is 26.5 Å². The van der Waals surface area contributed by atoms with Crippen molar-refractivity contribution in [3.63, 3.8) is 0 Å². The van der Waals surface area contributed by atoms with Gasteiger partial charge in [0.05, 0.1) is 0 Å². The third-order valence-corrected chi connectivity index (χ3v) is 6.15. The van der Waals surface area contributed by atoms with Gasteiger partial charge >= 0.3 is 0 Å². The van der Waals surface area contributed by atoms with Crippen molar-refractivity contribution in [1.29, 1.82) is 0 Å². The van der Waals surface area contributed by atoms with Crippen LogP contribution < -0.4 is 5.56 Å². The molecule has 2 heterocycles. The highest BCUT2D eigenvalue weighted by atomic mass is 35.5. The molecule has 2 aromatic heterocycles. The van der Waals surface area contributed by atoms with Crippen molar-refractivity contribution in [3.8, 4) is 0 Å². The van der Waals surface area contributed by atoms with E-state index in [1.165, 1.54) is 0 Å². The van der Waals surface area contributed by atoms with Crippen molar-refractivity contribution in [2.75, 3.05) is 5.75 Å². The summed E-state index contributed by atoms with van der Waals surface area (Å²) in [6.45, 7) is 0. The second-order valence-electron chi connectivity index (χ2n) is 7.38. The van der Waals surface area contributed by atoms with E-state index in [9.17, 15) is 9.59 Å². The molecule has 3 aromatic rings. The molecule has 0 saturated heterocycles. The summed E-state index contributed by atoms with van der Waals surface area (Å²) < 4.78 is 0. The molecule has 0 fully saturated rings. The van der Waals surface area contributed by atoms with Crippen LogP contribution in [0, 0.1) is 0 Å². The molecule has 162 valence electrons. The average Bonchev–Trinajstić information content (AvgIpc) is 2.78. The van der Waals surface area contributed by atoms with Crippen LogP contribution in [0.1, 0.15) is 60.0 Å². The Morgan fingerprint density at radius 1 is 1.00 bits per heavy atom. The van der Waals surface area contributed by atoms with Gasteiger partial charge in [-0.1, -0.05) is 48.7 Å². The Morgan fingerprint density at radius 2 is 1.77 bits per heavy atom. The predicted molar refractivity (Wildman–Crippen MR) is 126 cm³/mol. The number of nitrogens with one attached hydrogen (secondary N) is 1. The van der Waals surface area contributed by atoms with Gasteiger partial charge in [0, 0.05) is 53.3 Å². The van der Waals surface area contributed by atoms with Crippen molar-refractivity contribution in [3.05, 3.63) is 87.1 Å². The zero-order chi connectivity index (χ0) is 21.9. The highest BCUT2D eigenvalue weighted by molar-refractivity contribution is 7.99. The number of thioether (sulfide) groups is 1. The highest BCUT2D eigenvalue weighted by Gasteiger charge is 2.06. The first-order valence-corrected chi connectivity index (χ1v) is 11.9. The van der Waals surface area contributed by atoms with Gasteiger partial charge in [-0.05, 0) is 48.7 Å². The summed E-state index contributed by atoms with van der Waals surface area (Å²) in [6.07, 6.45) is 11.4. The molecule has 0 unspecified atom stereocenters. The normalized spacial score (nSPS) is 10.9. The van der Waals surface area contributed by atoms with Crippen LogP contribution >= 0.6 is 23.4 Å². The summed E-state index contributed by atoms with van der Waals surface area (Å²) in [5.41, 5.74) is 2.27. The number of nitrogens with zero attached hydrogens (tertiary/aromatic N) is 2. The minimum atomic E-state index is -0.0910. The van der Waals surface area contributed by atoms with Crippen molar-refractivity contribution >= 4 is 29.1 Å². The number of Topliss-reactive ketones (excluding diaryl/α,β-unsaturated/α-hetero) is 1. The largest absolute Gasteiger partial charge is 0.301 e. The van der Waals surface area contributed by atoms with Crippen molar-refractivity contribution in [2.45, 2.75) is 50.1 Å². The molecule has 5 nitrogen and oxygen atoms in total. The number of carbonyl (C=O) groups is 1. The van der Waals surface area contributed by atoms with E-state index < -0.39 is 0 Å². The van der Waals surface area contributed by atoms with E-state index in [4.69, 9.17) is 11.6 Å². The first-order valence-electron chi connectivity index (χ1n) is 10.5. The lowest BCUT2D eigenvalue weighted by atomic mass is 10.0. The molecule has 0 spiro atoms. The standard InChI is InChI=1S/C24H26ClN3O2S/c25-21-11-9-19(10-12-21)22(29)8-4-2-1-3-5-14-31-24-27-17-20(23(30)28-24)15-18-7-6-13-26-16-18/h6-7,9-13,16-17H,1-5,8,14-15H2,(H,27,28,30). The topological polar surface area (TPSA) is 75.7 Å². The van der Waals surface area contributed by atoms with E-state index >= 15 is 0 Å². The lowest BCUT2D eigenvalue weighted by Crippen LogP contribution is -2.14. The molecule has 0 saturated carbocycles. The molecule has 0 amide bonds. The number of rotatable bonds is 12. The van der Waals surface area contributed by atoms with Crippen LogP contribution in [0.15, 0.2) is 64.9 Å². The zero-order valence-corrected chi connectivity index (χ0v) is 18.9. The van der Waals surface area contributed by atoms with E-state index in [1.807, 2.05) is 12.1 Å². The van der Waals surface area contributed by atoms with E-state index in [2.05, 4.69) is 15.0 Å². The molecule has 31 heavy (non-hydrogen) atoms. The number of aromatic amines is 1. The first-order chi connectivity index (χ1) is 15.1. The highest BCUT2D eigenvalue weighted by Crippen LogP contribution is 2.17. The van der Waals surface area contributed by atoms with Gasteiger partial charge in [0.15, 0.2) is 10.9 Å². The average molecular weight is 456 g/mol. The molecule has 1 N–H and O–H groups in total. The van der Waals surface area contributed by atoms with Gasteiger partial charge in [-0.25, -0.2) is 4.98 Å². The molecule has 0 aliphatic carbocycles. The Kier molecular flexibility index (Phi) is 9.31. The Morgan fingerprint density at radius 3 is 2.52 bits per heavy atom. The maximum atomic E-state index is 12.3. The molecule has 0 aliphatic heterocycles. The van der Waals surface area contributed by atoms with E-state index in [-0.39, 0.29) is 11.3 Å². The molecule has 0 atom stereocenters. The maximum Gasteiger partial charge on any atom is 0.255 e. The Bertz CT molecular complexity index is 1020. The van der Waals surface area contributed by atoms with Crippen LogP contribution in [0.2, 0.25) is 5.02 Å². The minimum Gasteiger partial charge on any atom is -0.301 e. The van der Waals surface area contributed by atoms with Gasteiger partial charge in [-0.3, -0.25) is 14.6 Å².